The molecule has 0 aromatic carbocycles. The van der Waals surface area contributed by atoms with Gasteiger partial charge in [0.2, 0.25) is 0 Å². The number of hydrogen-bond donors (Lipinski definition) is 0. The molecule has 0 radical (unpaired) electrons. The zero-order valence-corrected chi connectivity index (χ0v) is 9.84. The molecule has 0 bridgehead atoms. The molecular formula is C9H7F3N2O3S. The monoisotopic (exact) mass is 280 g/mol. The Kier molecular flexibility index (Phi) is 3.81. The van der Waals surface area contributed by atoms with Crippen molar-refractivity contribution in [2.45, 2.75) is 18.2 Å². The molecule has 18 heavy (non-hydrogen) atoms. The lowest BCUT2D eigenvalue weighted by Crippen LogP contribution is -2.18. The van der Waals surface area contributed by atoms with Gasteiger partial charge >= 0.3 is 6.36 Å². The molecule has 1 aromatic rings. The predicted octanol–water partition coefficient (Wildman–Crippen LogP) is 1.65. The highest BCUT2D eigenvalue weighted by Crippen LogP contribution is 2.26. The van der Waals surface area contributed by atoms with Crippen molar-refractivity contribution in [1.82, 2.24) is 4.98 Å². The summed E-state index contributed by atoms with van der Waals surface area (Å²) in [6.07, 6.45) is -4.32. The molecule has 0 saturated carbocycles. The average Bonchev–Trinajstić information content (AvgIpc) is 2.27. The van der Waals surface area contributed by atoms with Crippen molar-refractivity contribution < 1.29 is 26.3 Å². The van der Waals surface area contributed by atoms with Crippen LogP contribution in [-0.2, 0) is 9.84 Å². The zero-order chi connectivity index (χ0) is 14.0. The highest BCUT2D eigenvalue weighted by molar-refractivity contribution is 7.91. The summed E-state index contributed by atoms with van der Waals surface area (Å²) in [5.41, 5.74) is -0.466. The van der Waals surface area contributed by atoms with E-state index in [0.717, 1.165) is 0 Å². The normalized spacial score (nSPS) is 11.9. The van der Waals surface area contributed by atoms with Crippen molar-refractivity contribution in [3.63, 3.8) is 0 Å². The van der Waals surface area contributed by atoms with Crippen LogP contribution in [0.1, 0.15) is 12.6 Å². The molecule has 0 amide bonds. The van der Waals surface area contributed by atoms with Crippen molar-refractivity contribution in [2.75, 3.05) is 5.75 Å². The minimum atomic E-state index is -4.96. The van der Waals surface area contributed by atoms with Crippen molar-refractivity contribution in [3.8, 4) is 11.8 Å². The Bertz CT molecular complexity index is 590. The number of alkyl halides is 3. The number of sulfone groups is 1. The maximum absolute atomic E-state index is 12.0. The van der Waals surface area contributed by atoms with Crippen LogP contribution in [-0.4, -0.2) is 25.5 Å². The molecule has 1 aromatic heterocycles. The molecule has 98 valence electrons. The quantitative estimate of drug-likeness (QED) is 0.841. The Morgan fingerprint density at radius 2 is 2.11 bits per heavy atom. The maximum Gasteiger partial charge on any atom is 0.573 e. The van der Waals surface area contributed by atoms with Gasteiger partial charge in [-0.05, 0) is 0 Å². The van der Waals surface area contributed by atoms with Gasteiger partial charge < -0.3 is 4.74 Å². The summed E-state index contributed by atoms with van der Waals surface area (Å²) in [6.45, 7) is 1.30. The zero-order valence-electron chi connectivity index (χ0n) is 9.02. The molecule has 1 heterocycles. The van der Waals surface area contributed by atoms with E-state index in [1.54, 1.807) is 0 Å². The van der Waals surface area contributed by atoms with Crippen LogP contribution in [0.3, 0.4) is 0 Å². The number of nitrogens with zero attached hydrogens (tertiary/aromatic N) is 2. The van der Waals surface area contributed by atoms with Gasteiger partial charge in [-0.2, -0.15) is 5.26 Å². The van der Waals surface area contributed by atoms with E-state index in [2.05, 4.69) is 9.72 Å². The van der Waals surface area contributed by atoms with E-state index in [4.69, 9.17) is 5.26 Å². The van der Waals surface area contributed by atoms with Crippen LogP contribution in [0.2, 0.25) is 0 Å². The molecule has 0 aliphatic rings. The molecule has 0 N–H and O–H groups in total. The van der Waals surface area contributed by atoms with Crippen LogP contribution >= 0.6 is 0 Å². The highest BCUT2D eigenvalue weighted by atomic mass is 32.2. The van der Waals surface area contributed by atoms with Crippen molar-refractivity contribution >= 4 is 9.84 Å². The third kappa shape index (κ3) is 3.33. The van der Waals surface area contributed by atoms with E-state index >= 15 is 0 Å². The van der Waals surface area contributed by atoms with Crippen LogP contribution in [0.15, 0.2) is 17.2 Å². The minimum absolute atomic E-state index is 0.362. The standard InChI is InChI=1S/C9H7F3N2O3S/c1-2-18(15,16)8-3-6(17-9(10,11)12)5-14-7(8)4-13/h3,5H,2H2,1H3. The fourth-order valence-electron chi connectivity index (χ4n) is 1.09. The Labute approximate surface area is 101 Å². The van der Waals surface area contributed by atoms with Gasteiger partial charge in [0.05, 0.1) is 11.9 Å². The molecule has 0 aliphatic heterocycles. The third-order valence-corrected chi connectivity index (χ3v) is 3.62. The van der Waals surface area contributed by atoms with Crippen LogP contribution < -0.4 is 4.74 Å². The summed E-state index contributed by atoms with van der Waals surface area (Å²) < 4.78 is 62.6. The molecule has 9 heteroatoms. The smallest absolute Gasteiger partial charge is 0.404 e. The predicted molar refractivity (Wildman–Crippen MR) is 53.4 cm³/mol. The second kappa shape index (κ2) is 4.81. The molecule has 0 saturated heterocycles. The first-order valence-electron chi connectivity index (χ1n) is 4.58. The number of aromatic nitrogens is 1. The van der Waals surface area contributed by atoms with Gasteiger partial charge in [0.25, 0.3) is 0 Å². The number of ether oxygens (including phenoxy) is 1. The first kappa shape index (κ1) is 14.2. The first-order valence-corrected chi connectivity index (χ1v) is 6.23. The lowest BCUT2D eigenvalue weighted by molar-refractivity contribution is -0.274. The molecule has 1 rings (SSSR count). The topological polar surface area (TPSA) is 80.1 Å². The molecule has 0 aliphatic carbocycles. The minimum Gasteiger partial charge on any atom is -0.404 e. The highest BCUT2D eigenvalue weighted by Gasteiger charge is 2.32. The van der Waals surface area contributed by atoms with Gasteiger partial charge in [-0.25, -0.2) is 13.4 Å². The van der Waals surface area contributed by atoms with Crippen molar-refractivity contribution in [2.24, 2.45) is 0 Å². The summed E-state index contributed by atoms with van der Waals surface area (Å²) in [7, 11) is -3.85. The number of halogens is 3. The fraction of sp³-hybridized carbons (Fsp3) is 0.333. The van der Waals surface area contributed by atoms with E-state index in [0.29, 0.717) is 12.3 Å². The Balaban J connectivity index is 3.33. The maximum atomic E-state index is 12.0. The van der Waals surface area contributed by atoms with Gasteiger partial charge in [-0.1, -0.05) is 6.92 Å². The summed E-state index contributed by atoms with van der Waals surface area (Å²) in [4.78, 5) is 2.76. The summed E-state index contributed by atoms with van der Waals surface area (Å²) in [5.74, 6) is -1.15. The van der Waals surface area contributed by atoms with Crippen molar-refractivity contribution in [3.05, 3.63) is 18.0 Å². The SMILES string of the molecule is CCS(=O)(=O)c1cc(OC(F)(F)F)cnc1C#N. The van der Waals surface area contributed by atoms with Gasteiger partial charge in [0.15, 0.2) is 15.5 Å². The van der Waals surface area contributed by atoms with E-state index in [9.17, 15) is 21.6 Å². The van der Waals surface area contributed by atoms with E-state index < -0.39 is 32.5 Å². The molecule has 0 unspecified atom stereocenters. The largest absolute Gasteiger partial charge is 0.573 e. The second-order valence-electron chi connectivity index (χ2n) is 3.08. The second-order valence-corrected chi connectivity index (χ2v) is 5.33. The number of hydrogen-bond acceptors (Lipinski definition) is 5. The summed E-state index contributed by atoms with van der Waals surface area (Å²) in [6, 6.07) is 2.14. The number of nitriles is 1. The summed E-state index contributed by atoms with van der Waals surface area (Å²) >= 11 is 0. The number of pyridine rings is 1. The molecule has 5 nitrogen and oxygen atoms in total. The molecule has 0 fully saturated rings. The number of rotatable bonds is 3. The van der Waals surface area contributed by atoms with Crippen LogP contribution in [0.25, 0.3) is 0 Å². The Morgan fingerprint density at radius 1 is 1.50 bits per heavy atom. The van der Waals surface area contributed by atoms with Crippen LogP contribution in [0, 0.1) is 11.3 Å². The van der Waals surface area contributed by atoms with Gasteiger partial charge in [-0.15, -0.1) is 13.2 Å². The molecule has 0 spiro atoms. The van der Waals surface area contributed by atoms with Crippen LogP contribution in [0.5, 0.6) is 5.75 Å². The average molecular weight is 280 g/mol. The molecule has 0 atom stereocenters. The Hall–Kier alpha value is -1.82. The van der Waals surface area contributed by atoms with Gasteiger partial charge in [-0.3, -0.25) is 0 Å². The van der Waals surface area contributed by atoms with Crippen molar-refractivity contribution in [1.29, 1.82) is 5.26 Å². The molecular weight excluding hydrogens is 273 g/mol. The first-order chi connectivity index (χ1) is 8.19. The fourth-order valence-corrected chi connectivity index (χ4v) is 2.09. The lowest BCUT2D eigenvalue weighted by Gasteiger charge is -2.10. The van der Waals surface area contributed by atoms with Gasteiger partial charge in [0, 0.05) is 6.07 Å². The third-order valence-electron chi connectivity index (χ3n) is 1.88. The Morgan fingerprint density at radius 3 is 2.56 bits per heavy atom. The summed E-state index contributed by atoms with van der Waals surface area (Å²) in [5, 5.41) is 8.66. The lowest BCUT2D eigenvalue weighted by atomic mass is 10.3. The van der Waals surface area contributed by atoms with Gasteiger partial charge in [0.1, 0.15) is 16.7 Å². The van der Waals surface area contributed by atoms with E-state index in [1.165, 1.54) is 13.0 Å². The van der Waals surface area contributed by atoms with E-state index in [1.807, 2.05) is 0 Å². The van der Waals surface area contributed by atoms with E-state index in [-0.39, 0.29) is 5.75 Å². The van der Waals surface area contributed by atoms with Crippen LogP contribution in [0.4, 0.5) is 13.2 Å².